The monoisotopic (exact) mass is 496 g/mol. The molecular weight excluding hydrogens is 467 g/mol. The third kappa shape index (κ3) is 4.43. The van der Waals surface area contributed by atoms with Crippen LogP contribution in [0, 0.1) is 13.8 Å². The number of piperidine rings is 1. The maximum absolute atomic E-state index is 14.9. The highest BCUT2D eigenvalue weighted by molar-refractivity contribution is 6.30. The smallest absolute Gasteiger partial charge is 0.169 e. The summed E-state index contributed by atoms with van der Waals surface area (Å²) >= 11 is 6.37. The predicted octanol–water partition coefficient (Wildman–Crippen LogP) is 4.37. The Kier molecular flexibility index (Phi) is 5.78. The largest absolute Gasteiger partial charge is 0.375 e. The van der Waals surface area contributed by atoms with Gasteiger partial charge in [-0.2, -0.15) is 0 Å². The lowest BCUT2D eigenvalue weighted by Crippen LogP contribution is -2.53. The normalized spacial score (nSPS) is 20.2. The van der Waals surface area contributed by atoms with Gasteiger partial charge in [-0.3, -0.25) is 9.47 Å². The number of hydrogen-bond donors (Lipinski definition) is 0. The Morgan fingerprint density at radius 3 is 2.60 bits per heavy atom. The lowest BCUT2D eigenvalue weighted by molar-refractivity contribution is -0.142. The average molecular weight is 497 g/mol. The van der Waals surface area contributed by atoms with E-state index in [0.717, 1.165) is 60.3 Å². The van der Waals surface area contributed by atoms with Gasteiger partial charge in [0.15, 0.2) is 11.5 Å². The average Bonchev–Trinajstić information content (AvgIpc) is 3.14. The van der Waals surface area contributed by atoms with Crippen molar-refractivity contribution in [1.82, 2.24) is 24.6 Å². The van der Waals surface area contributed by atoms with Crippen molar-refractivity contribution in [2.45, 2.75) is 51.4 Å². The zero-order valence-electron chi connectivity index (χ0n) is 20.2. The molecule has 1 aromatic carbocycles. The van der Waals surface area contributed by atoms with Gasteiger partial charge in [-0.25, -0.2) is 9.37 Å². The van der Waals surface area contributed by atoms with E-state index in [4.69, 9.17) is 21.3 Å². The zero-order valence-corrected chi connectivity index (χ0v) is 20.9. The molecule has 35 heavy (non-hydrogen) atoms. The number of rotatable bonds is 4. The quantitative estimate of drug-likeness (QED) is 0.534. The fourth-order valence-corrected chi connectivity index (χ4v) is 5.83. The molecule has 0 atom stereocenters. The lowest BCUT2D eigenvalue weighted by Gasteiger charge is -2.37. The summed E-state index contributed by atoms with van der Waals surface area (Å²) in [6.07, 6.45) is 1.95. The van der Waals surface area contributed by atoms with Crippen LogP contribution in [-0.4, -0.2) is 63.2 Å². The predicted molar refractivity (Wildman–Crippen MR) is 133 cm³/mol. The molecule has 0 amide bonds. The fraction of sp³-hybridized carbons (Fsp3) is 0.500. The number of anilines is 1. The molecule has 2 aromatic heterocycles. The van der Waals surface area contributed by atoms with Gasteiger partial charge in [-0.05, 0) is 68.1 Å². The van der Waals surface area contributed by atoms with Crippen molar-refractivity contribution >= 4 is 17.4 Å². The molecule has 6 rings (SSSR count). The van der Waals surface area contributed by atoms with Gasteiger partial charge in [-0.15, -0.1) is 10.2 Å². The number of fused-ring (bicyclic) bond motifs is 3. The van der Waals surface area contributed by atoms with Crippen LogP contribution in [0.4, 0.5) is 10.2 Å². The van der Waals surface area contributed by atoms with E-state index in [1.807, 2.05) is 25.1 Å². The van der Waals surface area contributed by atoms with E-state index in [-0.39, 0.29) is 13.2 Å². The number of aromatic nitrogens is 4. The van der Waals surface area contributed by atoms with Gasteiger partial charge in [0.1, 0.15) is 11.6 Å². The molecule has 0 radical (unpaired) electrons. The van der Waals surface area contributed by atoms with E-state index < -0.39 is 5.67 Å². The van der Waals surface area contributed by atoms with Gasteiger partial charge in [0.25, 0.3) is 0 Å². The first kappa shape index (κ1) is 22.9. The number of ether oxygens (including phenoxy) is 1. The zero-order chi connectivity index (χ0) is 24.2. The van der Waals surface area contributed by atoms with Crippen LogP contribution < -0.4 is 4.90 Å². The number of aryl methyl sites for hydroxylation is 2. The Balaban J connectivity index is 1.28. The highest BCUT2D eigenvalue weighted by Gasteiger charge is 2.41. The Hall–Kier alpha value is -2.55. The first-order valence-electron chi connectivity index (χ1n) is 12.3. The van der Waals surface area contributed by atoms with E-state index in [9.17, 15) is 4.39 Å². The molecular formula is C26H30ClFN6O. The molecule has 0 bridgehead atoms. The van der Waals surface area contributed by atoms with Crippen LogP contribution in [0.15, 0.2) is 30.3 Å². The van der Waals surface area contributed by atoms with Crippen molar-refractivity contribution in [3.8, 4) is 5.69 Å². The van der Waals surface area contributed by atoms with E-state index >= 15 is 0 Å². The molecule has 0 unspecified atom stereocenters. The maximum atomic E-state index is 14.9. The van der Waals surface area contributed by atoms with Crippen LogP contribution in [0.25, 0.3) is 5.69 Å². The minimum absolute atomic E-state index is 0.151. The first-order chi connectivity index (χ1) is 16.9. The molecule has 184 valence electrons. The van der Waals surface area contributed by atoms with Crippen LogP contribution in [0.2, 0.25) is 5.02 Å². The van der Waals surface area contributed by atoms with E-state index in [0.29, 0.717) is 30.6 Å². The summed E-state index contributed by atoms with van der Waals surface area (Å²) in [5.74, 6) is 3.18. The van der Waals surface area contributed by atoms with Crippen LogP contribution in [0.5, 0.6) is 0 Å². The molecule has 2 saturated heterocycles. The second-order valence-electron chi connectivity index (χ2n) is 10.3. The van der Waals surface area contributed by atoms with E-state index in [1.165, 1.54) is 5.56 Å². The van der Waals surface area contributed by atoms with Crippen molar-refractivity contribution in [3.05, 3.63) is 63.8 Å². The molecule has 3 aliphatic rings. The molecule has 9 heteroatoms. The molecule has 3 aliphatic heterocycles. The molecule has 3 aromatic rings. The van der Waals surface area contributed by atoms with Crippen LogP contribution >= 0.6 is 11.6 Å². The summed E-state index contributed by atoms with van der Waals surface area (Å²) in [7, 11) is 0. The van der Waals surface area contributed by atoms with Crippen molar-refractivity contribution in [2.75, 3.05) is 37.7 Å². The first-order valence-corrected chi connectivity index (χ1v) is 12.7. The molecule has 7 nitrogen and oxygen atoms in total. The second kappa shape index (κ2) is 8.84. The van der Waals surface area contributed by atoms with Crippen LogP contribution in [0.1, 0.15) is 47.2 Å². The van der Waals surface area contributed by atoms with Gasteiger partial charge >= 0.3 is 0 Å². The number of alkyl halides is 1. The van der Waals surface area contributed by atoms with Crippen molar-refractivity contribution < 1.29 is 9.13 Å². The van der Waals surface area contributed by atoms with Gasteiger partial charge in [0.2, 0.25) is 0 Å². The maximum Gasteiger partial charge on any atom is 0.169 e. The van der Waals surface area contributed by atoms with Crippen molar-refractivity contribution in [2.24, 2.45) is 0 Å². The number of pyridine rings is 1. The molecule has 0 saturated carbocycles. The van der Waals surface area contributed by atoms with Gasteiger partial charge in [0.05, 0.1) is 25.4 Å². The molecule has 0 spiro atoms. The van der Waals surface area contributed by atoms with Crippen LogP contribution in [0.3, 0.4) is 0 Å². The lowest BCUT2D eigenvalue weighted by atomic mass is 9.95. The minimum Gasteiger partial charge on any atom is -0.375 e. The Morgan fingerprint density at radius 2 is 1.89 bits per heavy atom. The van der Waals surface area contributed by atoms with E-state index in [2.05, 4.69) is 43.6 Å². The Labute approximate surface area is 209 Å². The number of hydrogen-bond acceptors (Lipinski definition) is 6. The number of nitrogens with zero attached hydrogens (tertiary/aromatic N) is 6. The van der Waals surface area contributed by atoms with Gasteiger partial charge < -0.3 is 9.64 Å². The molecule has 5 heterocycles. The fourth-order valence-electron chi connectivity index (χ4n) is 5.63. The van der Waals surface area contributed by atoms with Crippen molar-refractivity contribution in [1.29, 1.82) is 0 Å². The molecule has 0 N–H and O–H groups in total. The third-order valence-electron chi connectivity index (χ3n) is 7.29. The van der Waals surface area contributed by atoms with Crippen LogP contribution in [-0.2, 0) is 17.8 Å². The SMILES string of the molecule is Cc1cc(C)nc(N2CCC(c3nnc4n3-c3ccc(Cl)cc3CN(CC3(F)COC3)C4)CC2)c1. The summed E-state index contributed by atoms with van der Waals surface area (Å²) < 4.78 is 22.3. The van der Waals surface area contributed by atoms with Crippen molar-refractivity contribution in [3.63, 3.8) is 0 Å². The standard InChI is InChI=1S/C26H30ClFN6O/c1-17-9-18(2)29-23(10-17)33-7-5-19(6-8-33)25-31-30-24-13-32(14-26(28)15-35-16-26)12-20-11-21(27)3-4-22(20)34(24)25/h3-4,9-11,19H,5-8,12-16H2,1-2H3. The number of halogens is 2. The van der Waals surface area contributed by atoms with Gasteiger partial charge in [-0.1, -0.05) is 11.6 Å². The highest BCUT2D eigenvalue weighted by atomic mass is 35.5. The third-order valence-corrected chi connectivity index (χ3v) is 7.53. The highest BCUT2D eigenvalue weighted by Crippen LogP contribution is 2.35. The number of benzene rings is 1. The summed E-state index contributed by atoms with van der Waals surface area (Å²) in [6, 6.07) is 10.2. The van der Waals surface area contributed by atoms with E-state index in [1.54, 1.807) is 0 Å². The Bertz CT molecular complexity index is 1230. The Morgan fingerprint density at radius 1 is 1.09 bits per heavy atom. The summed E-state index contributed by atoms with van der Waals surface area (Å²) in [5.41, 5.74) is 3.10. The second-order valence-corrected chi connectivity index (χ2v) is 10.7. The van der Waals surface area contributed by atoms with Gasteiger partial charge in [0, 0.05) is 42.8 Å². The summed E-state index contributed by atoms with van der Waals surface area (Å²) in [4.78, 5) is 9.22. The summed E-state index contributed by atoms with van der Waals surface area (Å²) in [5, 5.41) is 9.95. The summed E-state index contributed by atoms with van der Waals surface area (Å²) in [6.45, 7) is 7.77. The topological polar surface area (TPSA) is 59.3 Å². The minimum atomic E-state index is -1.30. The molecule has 0 aliphatic carbocycles. The molecule has 2 fully saturated rings.